The second kappa shape index (κ2) is 9.93. The molecule has 3 nitrogen and oxygen atoms in total. The zero-order valence-corrected chi connectivity index (χ0v) is 18.6. The zero-order valence-electron chi connectivity index (χ0n) is 18.6. The molecule has 1 fully saturated rings. The average molecular weight is 375 g/mol. The molecule has 1 N–H and O–H groups in total. The molecule has 0 saturated carbocycles. The smallest absolute Gasteiger partial charge is 0.0657 e. The van der Waals surface area contributed by atoms with E-state index in [1.807, 2.05) is 0 Å². The number of benzene rings is 1. The van der Waals surface area contributed by atoms with E-state index < -0.39 is 0 Å². The average Bonchev–Trinajstić information content (AvgIpc) is 2.64. The number of nitrogens with one attached hydrogen (secondary N) is 1. The summed E-state index contributed by atoms with van der Waals surface area (Å²) in [6, 6.07) is 8.87. The number of nitrogens with zero attached hydrogens (tertiary/aromatic N) is 1. The lowest BCUT2D eigenvalue weighted by atomic mass is 9.67. The van der Waals surface area contributed by atoms with Crippen LogP contribution in [0.15, 0.2) is 24.3 Å². The van der Waals surface area contributed by atoms with Crippen molar-refractivity contribution in [2.75, 3.05) is 32.1 Å². The quantitative estimate of drug-likeness (QED) is 0.537. The molecule has 0 aromatic heterocycles. The van der Waals surface area contributed by atoms with Crippen LogP contribution in [0.3, 0.4) is 0 Å². The summed E-state index contributed by atoms with van der Waals surface area (Å²) in [4.78, 5) is 2.14. The summed E-state index contributed by atoms with van der Waals surface area (Å²) in [5.41, 5.74) is 3.13. The number of hydrogen-bond acceptors (Lipinski definition) is 3. The molecule has 3 heteroatoms. The van der Waals surface area contributed by atoms with Crippen LogP contribution in [0.4, 0.5) is 5.69 Å². The minimum Gasteiger partial charge on any atom is -0.378 e. The van der Waals surface area contributed by atoms with Crippen LogP contribution in [0.2, 0.25) is 0 Å². The fourth-order valence-electron chi connectivity index (χ4n) is 4.32. The fraction of sp³-hybridized carbons (Fsp3) is 0.750. The highest BCUT2D eigenvalue weighted by molar-refractivity contribution is 5.45. The number of ether oxygens (including phenoxy) is 1. The molecule has 1 aromatic carbocycles. The van der Waals surface area contributed by atoms with Gasteiger partial charge in [0.2, 0.25) is 0 Å². The Morgan fingerprint density at radius 1 is 1.15 bits per heavy atom. The molecule has 2 rings (SSSR count). The molecule has 0 spiro atoms. The SMILES string of the molecule is CC[C@@]1(C)C[C@](CCNCc2ccc(N(C)C)cc2)(CCC(C)C)CCO1. The van der Waals surface area contributed by atoms with Crippen LogP contribution in [0, 0.1) is 11.3 Å². The van der Waals surface area contributed by atoms with E-state index in [1.165, 1.54) is 43.4 Å². The van der Waals surface area contributed by atoms with Crippen molar-refractivity contribution in [3.05, 3.63) is 29.8 Å². The van der Waals surface area contributed by atoms with Crippen LogP contribution >= 0.6 is 0 Å². The van der Waals surface area contributed by atoms with Crippen LogP contribution in [-0.4, -0.2) is 32.8 Å². The van der Waals surface area contributed by atoms with Crippen LogP contribution in [0.5, 0.6) is 0 Å². The monoisotopic (exact) mass is 374 g/mol. The second-order valence-corrected chi connectivity index (χ2v) is 9.50. The molecular weight excluding hydrogens is 332 g/mol. The van der Waals surface area contributed by atoms with E-state index in [-0.39, 0.29) is 5.60 Å². The number of anilines is 1. The maximum atomic E-state index is 6.16. The third-order valence-electron chi connectivity index (χ3n) is 6.45. The minimum absolute atomic E-state index is 0.0667. The van der Waals surface area contributed by atoms with E-state index in [0.717, 1.165) is 32.0 Å². The summed E-state index contributed by atoms with van der Waals surface area (Å²) in [5.74, 6) is 0.778. The minimum atomic E-state index is 0.0667. The van der Waals surface area contributed by atoms with Gasteiger partial charge in [0, 0.05) is 32.9 Å². The predicted octanol–water partition coefficient (Wildman–Crippen LogP) is 5.63. The number of rotatable bonds is 10. The van der Waals surface area contributed by atoms with Crippen LogP contribution < -0.4 is 10.2 Å². The van der Waals surface area contributed by atoms with Crippen molar-refractivity contribution < 1.29 is 4.74 Å². The Labute approximate surface area is 167 Å². The molecule has 1 aliphatic heterocycles. The van der Waals surface area contributed by atoms with Gasteiger partial charge in [0.05, 0.1) is 5.60 Å². The van der Waals surface area contributed by atoms with Gasteiger partial charge in [-0.15, -0.1) is 0 Å². The highest BCUT2D eigenvalue weighted by Crippen LogP contribution is 2.46. The molecule has 2 atom stereocenters. The summed E-state index contributed by atoms with van der Waals surface area (Å²) < 4.78 is 6.16. The van der Waals surface area contributed by atoms with Gasteiger partial charge in [-0.05, 0) is 74.6 Å². The third kappa shape index (κ3) is 6.80. The van der Waals surface area contributed by atoms with Gasteiger partial charge in [-0.1, -0.05) is 39.3 Å². The molecule has 1 aliphatic rings. The molecule has 0 unspecified atom stereocenters. The molecule has 154 valence electrons. The normalized spacial score (nSPS) is 25.7. The van der Waals surface area contributed by atoms with Crippen molar-refractivity contribution in [1.82, 2.24) is 5.32 Å². The lowest BCUT2D eigenvalue weighted by Gasteiger charge is -2.47. The first-order valence-electron chi connectivity index (χ1n) is 10.9. The van der Waals surface area contributed by atoms with E-state index in [4.69, 9.17) is 4.74 Å². The van der Waals surface area contributed by atoms with Crippen LogP contribution in [0.1, 0.15) is 71.8 Å². The van der Waals surface area contributed by atoms with E-state index >= 15 is 0 Å². The first kappa shape index (κ1) is 22.2. The topological polar surface area (TPSA) is 24.5 Å². The standard InChI is InChI=1S/C24H42N2O/c1-7-23(4)19-24(15-17-27-23,13-12-20(2)3)14-16-25-18-21-8-10-22(11-9-21)26(5)6/h8-11,20,25H,7,12-19H2,1-6H3/t23-,24-/m0/s1. The largest absolute Gasteiger partial charge is 0.378 e. The molecule has 27 heavy (non-hydrogen) atoms. The Bertz CT molecular complexity index is 554. The maximum absolute atomic E-state index is 6.16. The zero-order chi connectivity index (χ0) is 19.9. The second-order valence-electron chi connectivity index (χ2n) is 9.50. The Morgan fingerprint density at radius 2 is 1.85 bits per heavy atom. The first-order chi connectivity index (χ1) is 12.8. The van der Waals surface area contributed by atoms with Crippen molar-refractivity contribution >= 4 is 5.69 Å². The van der Waals surface area contributed by atoms with Crippen molar-refractivity contribution in [3.63, 3.8) is 0 Å². The van der Waals surface area contributed by atoms with Crippen LogP contribution in [-0.2, 0) is 11.3 Å². The molecule has 0 aliphatic carbocycles. The van der Waals surface area contributed by atoms with Gasteiger partial charge in [-0.3, -0.25) is 0 Å². The highest BCUT2D eigenvalue weighted by Gasteiger charge is 2.41. The Balaban J connectivity index is 1.89. The Morgan fingerprint density at radius 3 is 2.44 bits per heavy atom. The maximum Gasteiger partial charge on any atom is 0.0657 e. The van der Waals surface area contributed by atoms with E-state index in [1.54, 1.807) is 0 Å². The summed E-state index contributed by atoms with van der Waals surface area (Å²) in [6.07, 6.45) is 7.46. The van der Waals surface area contributed by atoms with Gasteiger partial charge in [0.1, 0.15) is 0 Å². The van der Waals surface area contributed by atoms with Gasteiger partial charge in [-0.25, -0.2) is 0 Å². The Hall–Kier alpha value is -1.06. The van der Waals surface area contributed by atoms with Crippen molar-refractivity contribution in [2.24, 2.45) is 11.3 Å². The van der Waals surface area contributed by atoms with Crippen molar-refractivity contribution in [1.29, 1.82) is 0 Å². The first-order valence-corrected chi connectivity index (χ1v) is 10.9. The van der Waals surface area contributed by atoms with Crippen molar-refractivity contribution in [2.45, 2.75) is 78.4 Å². The molecule has 0 bridgehead atoms. The molecule has 1 heterocycles. The van der Waals surface area contributed by atoms with E-state index in [9.17, 15) is 0 Å². The predicted molar refractivity (Wildman–Crippen MR) is 117 cm³/mol. The summed E-state index contributed by atoms with van der Waals surface area (Å²) >= 11 is 0. The molecule has 1 aromatic rings. The van der Waals surface area contributed by atoms with Gasteiger partial charge in [0.25, 0.3) is 0 Å². The van der Waals surface area contributed by atoms with Gasteiger partial charge < -0.3 is 15.0 Å². The van der Waals surface area contributed by atoms with E-state index in [0.29, 0.717) is 5.41 Å². The fourth-order valence-corrected chi connectivity index (χ4v) is 4.32. The number of hydrogen-bond donors (Lipinski definition) is 1. The van der Waals surface area contributed by atoms with E-state index in [2.05, 4.69) is 76.3 Å². The van der Waals surface area contributed by atoms with Gasteiger partial charge in [-0.2, -0.15) is 0 Å². The molecular formula is C24H42N2O. The summed E-state index contributed by atoms with van der Waals surface area (Å²) in [7, 11) is 4.17. The molecule has 0 amide bonds. The summed E-state index contributed by atoms with van der Waals surface area (Å²) in [5, 5.41) is 3.70. The lowest BCUT2D eigenvalue weighted by molar-refractivity contribution is -0.122. The van der Waals surface area contributed by atoms with Crippen molar-refractivity contribution in [3.8, 4) is 0 Å². The van der Waals surface area contributed by atoms with Gasteiger partial charge in [0.15, 0.2) is 0 Å². The van der Waals surface area contributed by atoms with Crippen LogP contribution in [0.25, 0.3) is 0 Å². The lowest BCUT2D eigenvalue weighted by Crippen LogP contribution is -2.44. The molecule has 1 saturated heterocycles. The molecule has 0 radical (unpaired) electrons. The highest BCUT2D eigenvalue weighted by atomic mass is 16.5. The summed E-state index contributed by atoms with van der Waals surface area (Å²) in [6.45, 7) is 12.3. The van der Waals surface area contributed by atoms with Gasteiger partial charge >= 0.3 is 0 Å². The third-order valence-corrected chi connectivity index (χ3v) is 6.45. The Kier molecular flexibility index (Phi) is 8.18.